The molecular formula is C21H15F4NS. The third kappa shape index (κ3) is 3.14. The Morgan fingerprint density at radius 3 is 2.07 bits per heavy atom. The lowest BCUT2D eigenvalue weighted by Gasteiger charge is -2.20. The Balaban J connectivity index is 1.75. The van der Waals surface area contributed by atoms with Crippen LogP contribution in [0.4, 0.5) is 28.9 Å². The summed E-state index contributed by atoms with van der Waals surface area (Å²) in [4.78, 5) is 1.68. The van der Waals surface area contributed by atoms with Crippen LogP contribution in [0.25, 0.3) is 20.2 Å². The van der Waals surface area contributed by atoms with E-state index in [1.54, 1.807) is 23.3 Å². The Hall–Kier alpha value is -2.60. The number of aryl methyl sites for hydroxylation is 1. The summed E-state index contributed by atoms with van der Waals surface area (Å²) in [6.07, 6.45) is -4.70. The predicted molar refractivity (Wildman–Crippen MR) is 104 cm³/mol. The molecule has 0 unspecified atom stereocenters. The lowest BCUT2D eigenvalue weighted by molar-refractivity contribution is -0.139. The van der Waals surface area contributed by atoms with Crippen LogP contribution in [-0.4, -0.2) is 7.05 Å². The highest BCUT2D eigenvalue weighted by molar-refractivity contribution is 7.25. The van der Waals surface area contributed by atoms with Crippen molar-refractivity contribution in [3.05, 3.63) is 71.5 Å². The summed E-state index contributed by atoms with van der Waals surface area (Å²) in [6, 6.07) is 15.1. The number of fused-ring (bicyclic) bond motifs is 3. The van der Waals surface area contributed by atoms with Crippen LogP contribution in [0.1, 0.15) is 11.1 Å². The lowest BCUT2D eigenvalue weighted by atomic mass is 10.1. The third-order valence-electron chi connectivity index (χ3n) is 4.65. The first-order valence-corrected chi connectivity index (χ1v) is 9.09. The van der Waals surface area contributed by atoms with Crippen LogP contribution in [0.3, 0.4) is 0 Å². The molecule has 0 amide bonds. The second-order valence-corrected chi connectivity index (χ2v) is 7.59. The van der Waals surface area contributed by atoms with E-state index in [1.807, 2.05) is 25.1 Å². The molecule has 0 saturated carbocycles. The zero-order valence-electron chi connectivity index (χ0n) is 14.6. The number of halogens is 4. The summed E-state index contributed by atoms with van der Waals surface area (Å²) in [5.41, 5.74) is 1.07. The average molecular weight is 389 g/mol. The Morgan fingerprint density at radius 1 is 0.815 bits per heavy atom. The number of alkyl halides is 3. The largest absolute Gasteiger partial charge is 0.419 e. The number of anilines is 2. The minimum Gasteiger partial charge on any atom is -0.344 e. The van der Waals surface area contributed by atoms with Crippen LogP contribution in [0.15, 0.2) is 54.6 Å². The molecule has 1 nitrogen and oxygen atoms in total. The molecule has 0 N–H and O–H groups in total. The molecule has 27 heavy (non-hydrogen) atoms. The fourth-order valence-electron chi connectivity index (χ4n) is 3.17. The summed E-state index contributed by atoms with van der Waals surface area (Å²) < 4.78 is 54.4. The minimum atomic E-state index is -4.70. The smallest absolute Gasteiger partial charge is 0.344 e. The lowest BCUT2D eigenvalue weighted by Crippen LogP contribution is -2.12. The Morgan fingerprint density at radius 2 is 1.41 bits per heavy atom. The maximum absolute atomic E-state index is 13.9. The van der Waals surface area contributed by atoms with Crippen molar-refractivity contribution in [1.82, 2.24) is 0 Å². The van der Waals surface area contributed by atoms with Crippen molar-refractivity contribution >= 4 is 42.9 Å². The first-order valence-electron chi connectivity index (χ1n) is 8.27. The molecule has 3 aromatic carbocycles. The van der Waals surface area contributed by atoms with Gasteiger partial charge in [-0.05, 0) is 48.9 Å². The van der Waals surface area contributed by atoms with Crippen LogP contribution in [0.2, 0.25) is 0 Å². The van der Waals surface area contributed by atoms with Crippen molar-refractivity contribution in [2.45, 2.75) is 13.1 Å². The van der Waals surface area contributed by atoms with Crippen molar-refractivity contribution in [3.8, 4) is 0 Å². The average Bonchev–Trinajstić information content (AvgIpc) is 2.96. The van der Waals surface area contributed by atoms with E-state index in [1.165, 1.54) is 21.7 Å². The molecule has 0 aliphatic rings. The molecule has 0 spiro atoms. The monoisotopic (exact) mass is 389 g/mol. The van der Waals surface area contributed by atoms with E-state index in [9.17, 15) is 17.6 Å². The normalized spacial score (nSPS) is 12.1. The molecule has 4 rings (SSSR count). The molecule has 1 heterocycles. The SMILES string of the molecule is Cc1ccc2c(c1)sc1cc(N(C)c3ccc(C(F)(F)F)c(F)c3)ccc12. The zero-order valence-corrected chi connectivity index (χ0v) is 15.4. The van der Waals surface area contributed by atoms with Crippen molar-refractivity contribution in [3.63, 3.8) is 0 Å². The van der Waals surface area contributed by atoms with Gasteiger partial charge in [-0.2, -0.15) is 13.2 Å². The Bertz CT molecular complexity index is 1160. The van der Waals surface area contributed by atoms with Gasteiger partial charge in [0.05, 0.1) is 5.56 Å². The number of thiophene rings is 1. The van der Waals surface area contributed by atoms with E-state index < -0.39 is 17.6 Å². The van der Waals surface area contributed by atoms with E-state index >= 15 is 0 Å². The molecule has 0 aliphatic carbocycles. The maximum Gasteiger partial charge on any atom is 0.419 e. The van der Waals surface area contributed by atoms with Gasteiger partial charge in [-0.3, -0.25) is 0 Å². The van der Waals surface area contributed by atoms with E-state index in [4.69, 9.17) is 0 Å². The van der Waals surface area contributed by atoms with Gasteiger partial charge < -0.3 is 4.90 Å². The van der Waals surface area contributed by atoms with Crippen LogP contribution < -0.4 is 4.90 Å². The summed E-state index contributed by atoms with van der Waals surface area (Å²) in [5, 5.41) is 2.31. The molecule has 0 saturated heterocycles. The minimum absolute atomic E-state index is 0.358. The summed E-state index contributed by atoms with van der Waals surface area (Å²) in [5.74, 6) is -1.27. The fourth-order valence-corrected chi connectivity index (χ4v) is 4.41. The zero-order chi connectivity index (χ0) is 19.3. The summed E-state index contributed by atoms with van der Waals surface area (Å²) in [7, 11) is 1.71. The first kappa shape index (κ1) is 17.8. The van der Waals surface area contributed by atoms with Gasteiger partial charge in [-0.1, -0.05) is 18.2 Å². The van der Waals surface area contributed by atoms with Gasteiger partial charge in [-0.15, -0.1) is 11.3 Å². The van der Waals surface area contributed by atoms with E-state index in [-0.39, 0.29) is 0 Å². The number of hydrogen-bond acceptors (Lipinski definition) is 2. The third-order valence-corrected chi connectivity index (χ3v) is 5.76. The van der Waals surface area contributed by atoms with Crippen LogP contribution in [0, 0.1) is 12.7 Å². The van der Waals surface area contributed by atoms with E-state index in [0.717, 1.165) is 27.9 Å². The molecule has 0 bridgehead atoms. The van der Waals surface area contributed by atoms with Crippen LogP contribution in [0.5, 0.6) is 0 Å². The van der Waals surface area contributed by atoms with Crippen LogP contribution >= 0.6 is 11.3 Å². The Labute approximate surface area is 157 Å². The molecule has 6 heteroatoms. The van der Waals surface area contributed by atoms with Gasteiger partial charge in [-0.25, -0.2) is 4.39 Å². The number of benzene rings is 3. The molecule has 0 aliphatic heterocycles. The van der Waals surface area contributed by atoms with Gasteiger partial charge in [0.2, 0.25) is 0 Å². The maximum atomic E-state index is 13.9. The van der Waals surface area contributed by atoms with Crippen molar-refractivity contribution in [1.29, 1.82) is 0 Å². The van der Waals surface area contributed by atoms with Gasteiger partial charge in [0.15, 0.2) is 0 Å². The van der Waals surface area contributed by atoms with Crippen molar-refractivity contribution < 1.29 is 17.6 Å². The quantitative estimate of drug-likeness (QED) is 0.325. The number of hydrogen-bond donors (Lipinski definition) is 0. The number of rotatable bonds is 2. The van der Waals surface area contributed by atoms with E-state index in [2.05, 4.69) is 18.2 Å². The topological polar surface area (TPSA) is 3.24 Å². The van der Waals surface area contributed by atoms with Gasteiger partial charge >= 0.3 is 6.18 Å². The van der Waals surface area contributed by atoms with Gasteiger partial charge in [0.25, 0.3) is 0 Å². The van der Waals surface area contributed by atoms with Crippen molar-refractivity contribution in [2.24, 2.45) is 0 Å². The van der Waals surface area contributed by atoms with Gasteiger partial charge in [0.1, 0.15) is 5.82 Å². The summed E-state index contributed by atoms with van der Waals surface area (Å²) >= 11 is 1.66. The van der Waals surface area contributed by atoms with Gasteiger partial charge in [0, 0.05) is 38.6 Å². The Kier molecular flexibility index (Phi) is 4.11. The molecule has 0 radical (unpaired) electrons. The molecule has 0 fully saturated rings. The van der Waals surface area contributed by atoms with Crippen LogP contribution in [-0.2, 0) is 6.18 Å². The highest BCUT2D eigenvalue weighted by atomic mass is 32.1. The number of nitrogens with zero attached hydrogens (tertiary/aromatic N) is 1. The first-order chi connectivity index (χ1) is 12.7. The predicted octanol–water partition coefficient (Wildman–Crippen LogP) is 7.29. The molecular weight excluding hydrogens is 374 g/mol. The molecule has 4 aromatic rings. The summed E-state index contributed by atoms with van der Waals surface area (Å²) in [6.45, 7) is 2.04. The second kappa shape index (κ2) is 6.23. The highest BCUT2D eigenvalue weighted by Crippen LogP contribution is 2.38. The molecule has 138 valence electrons. The van der Waals surface area contributed by atoms with E-state index in [0.29, 0.717) is 5.69 Å². The fraction of sp³-hybridized carbons (Fsp3) is 0.143. The van der Waals surface area contributed by atoms with Crippen molar-refractivity contribution in [2.75, 3.05) is 11.9 Å². The second-order valence-electron chi connectivity index (χ2n) is 6.50. The molecule has 0 atom stereocenters. The standard InChI is InChI=1S/C21H15F4NS/c1-12-3-6-15-16-7-4-14(11-20(16)27-19(15)9-12)26(2)13-5-8-17(18(22)10-13)21(23,24)25/h3-11H,1-2H3. The highest BCUT2D eigenvalue weighted by Gasteiger charge is 2.34. The molecule has 1 aromatic heterocycles.